The zero-order valence-electron chi connectivity index (χ0n) is 9.74. The molecule has 0 bridgehead atoms. The zero-order valence-corrected chi connectivity index (χ0v) is 10.6. The van der Waals surface area contributed by atoms with Crippen molar-refractivity contribution in [3.8, 4) is 0 Å². The van der Waals surface area contributed by atoms with Gasteiger partial charge in [0.1, 0.15) is 0 Å². The fraction of sp³-hybridized carbons (Fsp3) is 1.00. The maximum Gasteiger partial charge on any atom is 0.168 e. The second-order valence-corrected chi connectivity index (χ2v) is 6.31. The van der Waals surface area contributed by atoms with Crippen LogP contribution in [0.2, 0.25) is 0 Å². The van der Waals surface area contributed by atoms with E-state index in [9.17, 15) is 0 Å². The maximum absolute atomic E-state index is 6.08. The van der Waals surface area contributed by atoms with Gasteiger partial charge in [0.05, 0.1) is 12.7 Å². The van der Waals surface area contributed by atoms with E-state index in [4.69, 9.17) is 9.47 Å². The number of nitrogens with one attached hydrogen (secondary N) is 1. The highest BCUT2D eigenvalue weighted by molar-refractivity contribution is 7.99. The van der Waals surface area contributed by atoms with Crippen molar-refractivity contribution in [1.82, 2.24) is 5.32 Å². The Morgan fingerprint density at radius 3 is 2.69 bits per heavy atom. The summed E-state index contributed by atoms with van der Waals surface area (Å²) in [4.78, 5) is 0. The van der Waals surface area contributed by atoms with Gasteiger partial charge in [-0.05, 0) is 37.6 Å². The molecular weight excluding hydrogens is 222 g/mol. The molecule has 1 saturated carbocycles. The van der Waals surface area contributed by atoms with Crippen molar-refractivity contribution in [1.29, 1.82) is 0 Å². The Balaban J connectivity index is 1.36. The lowest BCUT2D eigenvalue weighted by molar-refractivity contribution is -0.159. The van der Waals surface area contributed by atoms with E-state index in [0.717, 1.165) is 31.1 Å². The van der Waals surface area contributed by atoms with Crippen molar-refractivity contribution >= 4 is 11.8 Å². The van der Waals surface area contributed by atoms with Gasteiger partial charge in [0.25, 0.3) is 0 Å². The zero-order chi connectivity index (χ0) is 10.8. The van der Waals surface area contributed by atoms with Crippen LogP contribution in [-0.2, 0) is 9.47 Å². The molecule has 92 valence electrons. The van der Waals surface area contributed by atoms with Crippen molar-refractivity contribution in [2.45, 2.75) is 37.6 Å². The van der Waals surface area contributed by atoms with Gasteiger partial charge in [0.2, 0.25) is 0 Å². The molecule has 0 aromatic carbocycles. The average molecular weight is 243 g/mol. The third kappa shape index (κ3) is 2.40. The molecule has 16 heavy (non-hydrogen) atoms. The summed E-state index contributed by atoms with van der Waals surface area (Å²) in [5.74, 6) is 3.12. The first-order chi connectivity index (χ1) is 7.86. The van der Waals surface area contributed by atoms with Gasteiger partial charge in [-0.1, -0.05) is 0 Å². The van der Waals surface area contributed by atoms with Crippen LogP contribution in [0.4, 0.5) is 0 Å². The fourth-order valence-electron chi connectivity index (χ4n) is 2.71. The molecule has 2 saturated heterocycles. The summed E-state index contributed by atoms with van der Waals surface area (Å²) < 4.78 is 11.9. The first kappa shape index (κ1) is 11.3. The molecule has 0 amide bonds. The van der Waals surface area contributed by atoms with E-state index in [1.54, 1.807) is 0 Å². The van der Waals surface area contributed by atoms with Crippen LogP contribution in [0.1, 0.15) is 25.7 Å². The molecule has 2 heterocycles. The van der Waals surface area contributed by atoms with E-state index in [2.05, 4.69) is 5.32 Å². The van der Waals surface area contributed by atoms with Crippen molar-refractivity contribution < 1.29 is 9.47 Å². The molecule has 4 heteroatoms. The topological polar surface area (TPSA) is 30.5 Å². The largest absolute Gasteiger partial charge is 0.347 e. The van der Waals surface area contributed by atoms with E-state index in [0.29, 0.717) is 6.10 Å². The highest BCUT2D eigenvalue weighted by Crippen LogP contribution is 2.39. The molecule has 3 fully saturated rings. The molecule has 0 aromatic rings. The van der Waals surface area contributed by atoms with Crippen LogP contribution in [0.25, 0.3) is 0 Å². The number of hydrogen-bond acceptors (Lipinski definition) is 4. The lowest BCUT2D eigenvalue weighted by atomic mass is 10.1. The SMILES string of the molecule is C1CCC2(C1)OCC(CSCC1CNC1)O2. The third-order valence-corrected chi connectivity index (χ3v) is 5.12. The van der Waals surface area contributed by atoms with Gasteiger partial charge in [-0.15, -0.1) is 0 Å². The van der Waals surface area contributed by atoms with Crippen LogP contribution < -0.4 is 5.32 Å². The van der Waals surface area contributed by atoms with E-state index in [1.165, 1.54) is 31.7 Å². The van der Waals surface area contributed by atoms with E-state index in [-0.39, 0.29) is 5.79 Å². The standard InChI is InChI=1S/C12H21NO2S/c1-2-4-12(3-1)14-7-11(15-12)9-16-8-10-5-13-6-10/h10-11,13H,1-9H2. The predicted molar refractivity (Wildman–Crippen MR) is 65.7 cm³/mol. The minimum atomic E-state index is -0.163. The summed E-state index contributed by atoms with van der Waals surface area (Å²) in [6, 6.07) is 0. The summed E-state index contributed by atoms with van der Waals surface area (Å²) in [6.07, 6.45) is 5.11. The Morgan fingerprint density at radius 1 is 1.19 bits per heavy atom. The van der Waals surface area contributed by atoms with Crippen LogP contribution in [0.5, 0.6) is 0 Å². The van der Waals surface area contributed by atoms with Crippen LogP contribution in [0.3, 0.4) is 0 Å². The highest BCUT2D eigenvalue weighted by atomic mass is 32.2. The van der Waals surface area contributed by atoms with Gasteiger partial charge < -0.3 is 14.8 Å². The molecule has 3 aliphatic rings. The fourth-order valence-corrected chi connectivity index (χ4v) is 3.84. The van der Waals surface area contributed by atoms with E-state index < -0.39 is 0 Å². The van der Waals surface area contributed by atoms with Gasteiger partial charge in [-0.25, -0.2) is 0 Å². The molecule has 0 radical (unpaired) electrons. The minimum absolute atomic E-state index is 0.163. The molecule has 2 aliphatic heterocycles. The molecule has 3 rings (SSSR count). The predicted octanol–water partition coefficient (Wildman–Crippen LogP) is 1.62. The van der Waals surface area contributed by atoms with Crippen LogP contribution in [0.15, 0.2) is 0 Å². The van der Waals surface area contributed by atoms with Crippen molar-refractivity contribution in [3.63, 3.8) is 0 Å². The Hall–Kier alpha value is 0.230. The molecular formula is C12H21NO2S. The molecule has 1 N–H and O–H groups in total. The molecule has 3 nitrogen and oxygen atoms in total. The highest BCUT2D eigenvalue weighted by Gasteiger charge is 2.43. The maximum atomic E-state index is 6.08. The number of thioether (sulfide) groups is 1. The third-order valence-electron chi connectivity index (χ3n) is 3.80. The van der Waals surface area contributed by atoms with Gasteiger partial charge >= 0.3 is 0 Å². The molecule has 1 unspecified atom stereocenters. The van der Waals surface area contributed by atoms with Gasteiger partial charge in [-0.2, -0.15) is 11.8 Å². The van der Waals surface area contributed by atoms with Crippen LogP contribution in [-0.4, -0.2) is 43.1 Å². The number of rotatable bonds is 4. The minimum Gasteiger partial charge on any atom is -0.347 e. The summed E-state index contributed by atoms with van der Waals surface area (Å²) in [6.45, 7) is 3.23. The average Bonchev–Trinajstić information content (AvgIpc) is 2.82. The molecule has 0 aromatic heterocycles. The lowest BCUT2D eigenvalue weighted by Crippen LogP contribution is -2.43. The number of hydrogen-bond donors (Lipinski definition) is 1. The summed E-state index contributed by atoms with van der Waals surface area (Å²) in [5, 5.41) is 3.31. The van der Waals surface area contributed by atoms with Gasteiger partial charge in [0.15, 0.2) is 5.79 Å². The van der Waals surface area contributed by atoms with Crippen LogP contribution in [0, 0.1) is 5.92 Å². The van der Waals surface area contributed by atoms with Crippen molar-refractivity contribution in [2.75, 3.05) is 31.2 Å². The first-order valence-electron chi connectivity index (χ1n) is 6.47. The first-order valence-corrected chi connectivity index (χ1v) is 7.62. The number of ether oxygens (including phenoxy) is 2. The monoisotopic (exact) mass is 243 g/mol. The second kappa shape index (κ2) is 4.84. The quantitative estimate of drug-likeness (QED) is 0.813. The molecule has 1 atom stereocenters. The Bertz CT molecular complexity index is 239. The molecule has 1 spiro atoms. The Morgan fingerprint density at radius 2 is 2.00 bits per heavy atom. The Labute approximate surface area is 102 Å². The normalized spacial score (nSPS) is 33.4. The summed E-state index contributed by atoms with van der Waals surface area (Å²) in [7, 11) is 0. The lowest BCUT2D eigenvalue weighted by Gasteiger charge is -2.27. The summed E-state index contributed by atoms with van der Waals surface area (Å²) >= 11 is 2.03. The van der Waals surface area contributed by atoms with Crippen molar-refractivity contribution in [3.05, 3.63) is 0 Å². The van der Waals surface area contributed by atoms with Gasteiger partial charge in [-0.3, -0.25) is 0 Å². The molecule has 1 aliphatic carbocycles. The van der Waals surface area contributed by atoms with Crippen molar-refractivity contribution in [2.24, 2.45) is 5.92 Å². The second-order valence-electron chi connectivity index (χ2n) is 5.23. The van der Waals surface area contributed by atoms with E-state index >= 15 is 0 Å². The smallest absolute Gasteiger partial charge is 0.168 e. The Kier molecular flexibility index (Phi) is 3.43. The summed E-state index contributed by atoms with van der Waals surface area (Å²) in [5.41, 5.74) is 0. The van der Waals surface area contributed by atoms with E-state index in [1.807, 2.05) is 11.8 Å². The van der Waals surface area contributed by atoms with Gasteiger partial charge in [0, 0.05) is 18.6 Å². The van der Waals surface area contributed by atoms with Crippen LogP contribution >= 0.6 is 11.8 Å².